The van der Waals surface area contributed by atoms with Crippen LogP contribution in [0.5, 0.6) is 5.75 Å². The Balaban J connectivity index is 1.39. The van der Waals surface area contributed by atoms with Gasteiger partial charge in [0, 0.05) is 39.4 Å². The second kappa shape index (κ2) is 15.8. The van der Waals surface area contributed by atoms with E-state index in [4.69, 9.17) is 11.6 Å². The Kier molecular flexibility index (Phi) is 11.3. The van der Waals surface area contributed by atoms with Crippen LogP contribution < -0.4 is 10.6 Å². The summed E-state index contributed by atoms with van der Waals surface area (Å²) in [6.45, 7) is 0. The van der Waals surface area contributed by atoms with Crippen molar-refractivity contribution in [2.24, 2.45) is 10.2 Å². The maximum Gasteiger partial charge on any atom is 0.296 e. The van der Waals surface area contributed by atoms with Crippen molar-refractivity contribution < 1.29 is 74.9 Å². The molecule has 5 aromatic carbocycles. The molecule has 0 aliphatic heterocycles. The number of fused-ring (bicyclic) bond motifs is 3. The van der Waals surface area contributed by atoms with Gasteiger partial charge in [-0.2, -0.15) is 61.4 Å². The number of hydrogen-bond donors (Lipinski definition) is 8. The minimum absolute atomic E-state index is 0.0796. The smallest absolute Gasteiger partial charge is 0.296 e. The summed E-state index contributed by atoms with van der Waals surface area (Å²) >= 11 is 6.77. The zero-order valence-corrected chi connectivity index (χ0v) is 36.0. The molecule has 0 fully saturated rings. The first-order chi connectivity index (χ1) is 29.5. The molecule has 7 rings (SSSR count). The van der Waals surface area contributed by atoms with Crippen LogP contribution in [0.2, 0.25) is 5.28 Å². The Bertz CT molecular complexity index is 3830. The van der Waals surface area contributed by atoms with Crippen molar-refractivity contribution in [2.45, 2.75) is 24.5 Å². The Morgan fingerprint density at radius 2 is 1.22 bits per heavy atom. The molecule has 0 atom stereocenters. The van der Waals surface area contributed by atoms with E-state index in [9.17, 15) is 80.1 Å². The molecule has 0 aliphatic carbocycles. The van der Waals surface area contributed by atoms with Gasteiger partial charge in [-0.15, -0.1) is 10.2 Å². The Labute approximate surface area is 365 Å². The lowest BCUT2D eigenvalue weighted by Gasteiger charge is -2.15. The van der Waals surface area contributed by atoms with Gasteiger partial charge in [0.25, 0.3) is 56.3 Å². The lowest BCUT2D eigenvalue weighted by molar-refractivity contribution is -0.384. The molecule has 0 aliphatic rings. The molecule has 7 aromatic rings. The van der Waals surface area contributed by atoms with E-state index in [2.05, 4.69) is 40.2 Å². The number of halogens is 1. The molecule has 0 saturated carbocycles. The summed E-state index contributed by atoms with van der Waals surface area (Å²) in [5.74, 6) is -2.47. The van der Waals surface area contributed by atoms with Gasteiger partial charge in [0.15, 0.2) is 10.8 Å². The molecule has 0 radical (unpaired) electrons. The van der Waals surface area contributed by atoms with Crippen molar-refractivity contribution in [1.82, 2.24) is 19.3 Å². The molecule has 2 aromatic heterocycles. The molecule has 0 saturated heterocycles. The number of non-ortho nitro benzene ring substituents is 1. The quantitative estimate of drug-likeness (QED) is 0.0338. The van der Waals surface area contributed by atoms with Crippen LogP contribution >= 0.6 is 23.1 Å². The van der Waals surface area contributed by atoms with Gasteiger partial charge in [-0.3, -0.25) is 32.9 Å². The zero-order chi connectivity index (χ0) is 47.1. The summed E-state index contributed by atoms with van der Waals surface area (Å²) in [4.78, 5) is 16.5. The van der Waals surface area contributed by atoms with E-state index in [1.54, 1.807) is 0 Å². The lowest BCUT2D eigenvalue weighted by atomic mass is 10.1. The number of hydrogen-bond acceptors (Lipinski definition) is 22. The Hall–Kier alpha value is -6.24. The monoisotopic (exact) mass is 1020 g/mol. The van der Waals surface area contributed by atoms with Crippen molar-refractivity contribution in [2.75, 3.05) is 10.6 Å². The number of azo groups is 1. The maximum absolute atomic E-state index is 12.6. The number of rotatable bonds is 12. The van der Waals surface area contributed by atoms with E-state index in [-0.39, 0.29) is 27.7 Å². The van der Waals surface area contributed by atoms with Crippen LogP contribution in [-0.2, 0) is 50.6 Å². The predicted octanol–water partition coefficient (Wildman–Crippen LogP) is 5.19. The van der Waals surface area contributed by atoms with Crippen LogP contribution in [-0.4, -0.2) is 94.2 Å². The zero-order valence-electron chi connectivity index (χ0n) is 30.3. The summed E-state index contributed by atoms with van der Waals surface area (Å²) in [6.07, 6.45) is 0. The van der Waals surface area contributed by atoms with Crippen molar-refractivity contribution in [3.8, 4) is 5.75 Å². The van der Waals surface area contributed by atoms with Crippen LogP contribution in [0.3, 0.4) is 0 Å². The third-order valence-electron chi connectivity index (χ3n) is 8.52. The van der Waals surface area contributed by atoms with E-state index >= 15 is 0 Å². The van der Waals surface area contributed by atoms with Crippen LogP contribution in [0.4, 0.5) is 39.6 Å². The molecular formula is C30H18ClN9O18S6. The van der Waals surface area contributed by atoms with Gasteiger partial charge in [-0.05, 0) is 77.1 Å². The number of benzene rings is 5. The van der Waals surface area contributed by atoms with E-state index < -0.39 is 142 Å². The predicted molar refractivity (Wildman–Crippen MR) is 220 cm³/mol. The summed E-state index contributed by atoms with van der Waals surface area (Å²) in [7, 11) is -26.6. The van der Waals surface area contributed by atoms with Gasteiger partial charge < -0.3 is 15.7 Å². The molecule has 0 spiro atoms. The van der Waals surface area contributed by atoms with E-state index in [1.165, 1.54) is 6.07 Å². The number of phenols is 1. The van der Waals surface area contributed by atoms with Gasteiger partial charge in [-0.25, -0.2) is 0 Å². The van der Waals surface area contributed by atoms with Crippen LogP contribution in [0, 0.1) is 10.1 Å². The number of phenolic OH excluding ortho intramolecular Hbond substituents is 1. The van der Waals surface area contributed by atoms with Gasteiger partial charge in [-0.1, -0.05) is 0 Å². The fraction of sp³-hybridized carbons (Fsp3) is 0. The first-order valence-electron chi connectivity index (χ1n) is 16.2. The van der Waals surface area contributed by atoms with Gasteiger partial charge in [0.1, 0.15) is 20.4 Å². The summed E-state index contributed by atoms with van der Waals surface area (Å²) in [5, 5.41) is 32.1. The number of nitrogens with zero attached hydrogens (tertiary/aromatic N) is 7. The first-order valence-corrected chi connectivity index (χ1v) is 24.6. The SMILES string of the molecule is O=[N+]([O-])c1ccc2nsc(N=Nc3c(S(=O)(=O)O)cc4cc(S(=O)(=O)O)cc(Nc5nc(Cl)nc(Nc6cc(S(=O)(=O)O)c7cc(S(=O)(=O)O)cc(S(=O)(=O)O)c7c6)n5)c4c3O)c2c1. The molecule has 2 heterocycles. The van der Waals surface area contributed by atoms with Crippen molar-refractivity contribution in [3.63, 3.8) is 0 Å². The van der Waals surface area contributed by atoms with Crippen LogP contribution in [0.1, 0.15) is 0 Å². The summed E-state index contributed by atoms with van der Waals surface area (Å²) in [6, 6.07) is 7.73. The minimum atomic E-state index is -5.41. The average Bonchev–Trinajstić information content (AvgIpc) is 3.56. The highest BCUT2D eigenvalue weighted by atomic mass is 35.5. The molecule has 0 bridgehead atoms. The normalized spacial score (nSPS) is 13.0. The highest BCUT2D eigenvalue weighted by Gasteiger charge is 2.28. The van der Waals surface area contributed by atoms with Gasteiger partial charge >= 0.3 is 0 Å². The number of nitro groups is 1. The van der Waals surface area contributed by atoms with Crippen molar-refractivity contribution in [3.05, 3.63) is 76.1 Å². The van der Waals surface area contributed by atoms with E-state index in [1.807, 2.05) is 0 Å². The lowest BCUT2D eigenvalue weighted by Crippen LogP contribution is -2.09. The Morgan fingerprint density at radius 1 is 0.641 bits per heavy atom. The second-order valence-corrected chi connectivity index (χ2v) is 20.8. The highest BCUT2D eigenvalue weighted by molar-refractivity contribution is 7.87. The number of aromatic nitrogens is 4. The largest absolute Gasteiger partial charge is 0.505 e. The minimum Gasteiger partial charge on any atom is -0.505 e. The van der Waals surface area contributed by atoms with Crippen molar-refractivity contribution >= 4 is 146 Å². The third-order valence-corrected chi connectivity index (χ3v) is 13.8. The molecule has 27 nitrogen and oxygen atoms in total. The second-order valence-electron chi connectivity index (χ2n) is 12.7. The third kappa shape index (κ3) is 9.21. The van der Waals surface area contributed by atoms with Crippen LogP contribution in [0.15, 0.2) is 95.4 Å². The molecular weight excluding hydrogens is 1000 g/mol. The van der Waals surface area contributed by atoms with Crippen molar-refractivity contribution in [1.29, 1.82) is 0 Å². The van der Waals surface area contributed by atoms with E-state index in [0.29, 0.717) is 41.9 Å². The first kappa shape index (κ1) is 45.8. The topological polar surface area (TPSA) is 436 Å². The van der Waals surface area contributed by atoms with E-state index in [0.717, 1.165) is 18.2 Å². The fourth-order valence-corrected chi connectivity index (χ4v) is 10.0. The highest BCUT2D eigenvalue weighted by Crippen LogP contribution is 2.46. The summed E-state index contributed by atoms with van der Waals surface area (Å²) < 4.78 is 177. The molecule has 8 N–H and O–H groups in total. The molecule has 64 heavy (non-hydrogen) atoms. The molecule has 34 heteroatoms. The number of aromatic hydroxyl groups is 1. The summed E-state index contributed by atoms with van der Waals surface area (Å²) in [5.41, 5.74) is -2.21. The molecule has 0 amide bonds. The number of nitro benzene ring substituents is 1. The van der Waals surface area contributed by atoms with Gasteiger partial charge in [0.05, 0.1) is 25.9 Å². The average molecular weight is 1020 g/mol. The Morgan fingerprint density at radius 3 is 1.81 bits per heavy atom. The van der Waals surface area contributed by atoms with Crippen LogP contribution in [0.25, 0.3) is 32.4 Å². The molecule has 334 valence electrons. The van der Waals surface area contributed by atoms with Gasteiger partial charge in [0.2, 0.25) is 17.2 Å². The number of nitrogens with one attached hydrogen (secondary N) is 2. The maximum atomic E-state index is 12.6. The molecule has 0 unspecified atom stereocenters. The number of anilines is 4. The fourth-order valence-electron chi connectivity index (χ4n) is 5.93. The standard InChI is InChI=1S/C30H18ClN9O18S6/c31-28-34-29(32-12-5-16-17(21(6-12)62(50,51)52)8-15(61(47,48)49)10-22(16)63(53,54)55)36-30(35-28)33-20-9-14(60(44,45)46)3-11-4-23(64(56,57)58)25(26(41)24(11)20)37-38-27-18-7-13(40(42)43)1-2-19(18)39-59-27/h1-10,41H,(H,44,45,46)(H,47,48,49)(H,50,51,52)(H,53,54,55)(H,56,57,58)(H2,32,33,34,35,36).